The Morgan fingerprint density at radius 1 is 1.12 bits per heavy atom. The maximum Gasteiger partial charge on any atom is 0.0978 e. The molecule has 0 N–H and O–H groups in total. The molecule has 2 aromatic rings. The van der Waals surface area contributed by atoms with Crippen LogP contribution in [0.4, 0.5) is 0 Å². The minimum absolute atomic E-state index is 0.268. The summed E-state index contributed by atoms with van der Waals surface area (Å²) < 4.78 is 0. The maximum absolute atomic E-state index is 9.20. The first-order chi connectivity index (χ1) is 7.81. The normalized spacial score (nSPS) is 11.8. The van der Waals surface area contributed by atoms with Gasteiger partial charge in [0.05, 0.1) is 12.0 Å². The number of hydrogen-bond donors (Lipinski definition) is 0. The minimum Gasteiger partial charge on any atom is -0.265 e. The van der Waals surface area contributed by atoms with Crippen LogP contribution in [0.3, 0.4) is 0 Å². The van der Waals surface area contributed by atoms with Crippen molar-refractivity contribution in [3.63, 3.8) is 0 Å². The van der Waals surface area contributed by atoms with Gasteiger partial charge in [0.1, 0.15) is 0 Å². The summed E-state index contributed by atoms with van der Waals surface area (Å²) in [5.41, 5.74) is 2.82. The van der Waals surface area contributed by atoms with Crippen molar-refractivity contribution in [2.45, 2.75) is 12.8 Å². The largest absolute Gasteiger partial charge is 0.265 e. The number of aryl methyl sites for hydroxylation is 1. The third kappa shape index (κ3) is 2.06. The lowest BCUT2D eigenvalue weighted by atomic mass is 9.95. The number of aromatic nitrogens is 2. The zero-order chi connectivity index (χ0) is 11.4. The molecular formula is C13H11N3. The molecule has 0 aromatic carbocycles. The van der Waals surface area contributed by atoms with Gasteiger partial charge in [-0.1, -0.05) is 6.07 Å². The Bertz CT molecular complexity index is 497. The van der Waals surface area contributed by atoms with Gasteiger partial charge in [-0.15, -0.1) is 0 Å². The number of rotatable bonds is 2. The lowest BCUT2D eigenvalue weighted by Crippen LogP contribution is -1.99. The van der Waals surface area contributed by atoms with Crippen LogP contribution in [-0.2, 0) is 0 Å². The van der Waals surface area contributed by atoms with E-state index in [0.717, 1.165) is 16.8 Å². The fourth-order valence-electron chi connectivity index (χ4n) is 1.55. The zero-order valence-electron chi connectivity index (χ0n) is 8.96. The monoisotopic (exact) mass is 209 g/mol. The molecule has 0 saturated heterocycles. The molecule has 2 rings (SSSR count). The highest BCUT2D eigenvalue weighted by molar-refractivity contribution is 5.35. The summed E-state index contributed by atoms with van der Waals surface area (Å²) in [6.45, 7) is 1.93. The number of pyridine rings is 2. The predicted octanol–water partition coefficient (Wildman–Crippen LogP) is 2.44. The van der Waals surface area contributed by atoms with Gasteiger partial charge < -0.3 is 0 Å². The summed E-state index contributed by atoms with van der Waals surface area (Å²) in [5.74, 6) is -0.268. The molecule has 0 aliphatic rings. The van der Waals surface area contributed by atoms with Crippen LogP contribution in [0.15, 0.2) is 42.9 Å². The molecule has 3 nitrogen and oxygen atoms in total. The number of hydrogen-bond acceptors (Lipinski definition) is 3. The van der Waals surface area contributed by atoms with Gasteiger partial charge in [-0.3, -0.25) is 9.97 Å². The number of nitrogens with zero attached hydrogens (tertiary/aromatic N) is 3. The van der Waals surface area contributed by atoms with E-state index in [0.29, 0.717) is 0 Å². The summed E-state index contributed by atoms with van der Waals surface area (Å²) in [6, 6.07) is 9.85. The Labute approximate surface area is 94.4 Å². The molecule has 0 amide bonds. The molecule has 0 bridgehead atoms. The zero-order valence-corrected chi connectivity index (χ0v) is 8.96. The predicted molar refractivity (Wildman–Crippen MR) is 60.7 cm³/mol. The summed E-state index contributed by atoms with van der Waals surface area (Å²) in [4.78, 5) is 8.15. The highest BCUT2D eigenvalue weighted by Gasteiger charge is 2.12. The first kappa shape index (κ1) is 10.3. The van der Waals surface area contributed by atoms with E-state index in [-0.39, 0.29) is 5.92 Å². The van der Waals surface area contributed by atoms with E-state index in [9.17, 15) is 5.26 Å². The molecule has 1 unspecified atom stereocenters. The third-order valence-electron chi connectivity index (χ3n) is 2.44. The van der Waals surface area contributed by atoms with Gasteiger partial charge in [0.2, 0.25) is 0 Å². The highest BCUT2D eigenvalue weighted by atomic mass is 14.7. The van der Waals surface area contributed by atoms with Gasteiger partial charge in [-0.2, -0.15) is 5.26 Å². The standard InChI is InChI=1S/C13H11N3/c1-10-2-3-12(9-16-10)13(8-14)11-4-6-15-7-5-11/h2-7,9,13H,1H3. The van der Waals surface area contributed by atoms with Crippen molar-refractivity contribution < 1.29 is 0 Å². The van der Waals surface area contributed by atoms with Crippen LogP contribution in [0.2, 0.25) is 0 Å². The first-order valence-corrected chi connectivity index (χ1v) is 5.03. The highest BCUT2D eigenvalue weighted by Crippen LogP contribution is 2.22. The van der Waals surface area contributed by atoms with Crippen LogP contribution in [0.1, 0.15) is 22.7 Å². The molecule has 0 aliphatic carbocycles. The van der Waals surface area contributed by atoms with E-state index in [1.807, 2.05) is 31.2 Å². The molecule has 1 atom stereocenters. The van der Waals surface area contributed by atoms with Crippen LogP contribution < -0.4 is 0 Å². The van der Waals surface area contributed by atoms with Crippen molar-refractivity contribution in [3.8, 4) is 6.07 Å². The van der Waals surface area contributed by atoms with Crippen LogP contribution in [-0.4, -0.2) is 9.97 Å². The fraction of sp³-hybridized carbons (Fsp3) is 0.154. The molecule has 2 aromatic heterocycles. The summed E-state index contributed by atoms with van der Waals surface area (Å²) in [6.07, 6.45) is 5.15. The Hall–Kier alpha value is -2.21. The Morgan fingerprint density at radius 2 is 1.88 bits per heavy atom. The van der Waals surface area contributed by atoms with E-state index in [4.69, 9.17) is 0 Å². The van der Waals surface area contributed by atoms with Gasteiger partial charge in [0.25, 0.3) is 0 Å². The third-order valence-corrected chi connectivity index (χ3v) is 2.44. The molecule has 0 fully saturated rings. The molecule has 0 saturated carbocycles. The second-order valence-electron chi connectivity index (χ2n) is 3.58. The quantitative estimate of drug-likeness (QED) is 0.763. The van der Waals surface area contributed by atoms with Crippen LogP contribution in [0.5, 0.6) is 0 Å². The van der Waals surface area contributed by atoms with E-state index in [2.05, 4.69) is 16.0 Å². The smallest absolute Gasteiger partial charge is 0.0978 e. The average molecular weight is 209 g/mol. The Balaban J connectivity index is 2.38. The second-order valence-corrected chi connectivity index (χ2v) is 3.58. The second kappa shape index (κ2) is 4.54. The van der Waals surface area contributed by atoms with Gasteiger partial charge in [-0.05, 0) is 36.2 Å². The van der Waals surface area contributed by atoms with Gasteiger partial charge in [0.15, 0.2) is 0 Å². The van der Waals surface area contributed by atoms with E-state index < -0.39 is 0 Å². The van der Waals surface area contributed by atoms with E-state index in [1.54, 1.807) is 18.6 Å². The lowest BCUT2D eigenvalue weighted by Gasteiger charge is -2.08. The van der Waals surface area contributed by atoms with Crippen molar-refractivity contribution in [2.75, 3.05) is 0 Å². The molecule has 0 radical (unpaired) electrons. The van der Waals surface area contributed by atoms with Crippen molar-refractivity contribution in [1.82, 2.24) is 9.97 Å². The van der Waals surface area contributed by atoms with Crippen LogP contribution >= 0.6 is 0 Å². The van der Waals surface area contributed by atoms with Crippen LogP contribution in [0.25, 0.3) is 0 Å². The Morgan fingerprint density at radius 3 is 2.44 bits per heavy atom. The molecule has 16 heavy (non-hydrogen) atoms. The fourth-order valence-corrected chi connectivity index (χ4v) is 1.55. The maximum atomic E-state index is 9.20. The summed E-state index contributed by atoms with van der Waals surface area (Å²) >= 11 is 0. The molecule has 3 heteroatoms. The molecular weight excluding hydrogens is 198 g/mol. The molecule has 0 spiro atoms. The topological polar surface area (TPSA) is 49.6 Å². The van der Waals surface area contributed by atoms with Crippen molar-refractivity contribution in [1.29, 1.82) is 5.26 Å². The van der Waals surface area contributed by atoms with Gasteiger partial charge >= 0.3 is 0 Å². The van der Waals surface area contributed by atoms with E-state index in [1.165, 1.54) is 0 Å². The lowest BCUT2D eigenvalue weighted by molar-refractivity contribution is 1.00. The van der Waals surface area contributed by atoms with Crippen molar-refractivity contribution in [2.24, 2.45) is 0 Å². The van der Waals surface area contributed by atoms with Gasteiger partial charge in [-0.25, -0.2) is 0 Å². The first-order valence-electron chi connectivity index (χ1n) is 5.03. The molecule has 78 valence electrons. The van der Waals surface area contributed by atoms with Gasteiger partial charge in [0, 0.05) is 24.3 Å². The van der Waals surface area contributed by atoms with Crippen LogP contribution in [0, 0.1) is 18.3 Å². The number of nitriles is 1. The van der Waals surface area contributed by atoms with E-state index >= 15 is 0 Å². The Kier molecular flexibility index (Phi) is 2.93. The molecule has 0 aliphatic heterocycles. The average Bonchev–Trinajstić information content (AvgIpc) is 2.34. The molecule has 2 heterocycles. The summed E-state index contributed by atoms with van der Waals surface area (Å²) in [5, 5.41) is 9.20. The summed E-state index contributed by atoms with van der Waals surface area (Å²) in [7, 11) is 0. The van der Waals surface area contributed by atoms with Crippen molar-refractivity contribution >= 4 is 0 Å². The van der Waals surface area contributed by atoms with Crippen molar-refractivity contribution in [3.05, 3.63) is 59.7 Å². The minimum atomic E-state index is -0.268. The SMILES string of the molecule is Cc1ccc(C(C#N)c2ccncc2)cn1.